The third kappa shape index (κ3) is 4.21. The number of aliphatic carboxylic acids is 1. The summed E-state index contributed by atoms with van der Waals surface area (Å²) in [4.78, 5) is 23.3. The zero-order chi connectivity index (χ0) is 15.2. The maximum absolute atomic E-state index is 12.1. The van der Waals surface area contributed by atoms with Crippen molar-refractivity contribution >= 4 is 11.9 Å². The fourth-order valence-electron chi connectivity index (χ4n) is 2.86. The average Bonchev–Trinajstić information content (AvgIpc) is 2.49. The van der Waals surface area contributed by atoms with Crippen LogP contribution in [-0.2, 0) is 16.0 Å². The molecule has 0 radical (unpaired) electrons. The van der Waals surface area contributed by atoms with E-state index in [-0.39, 0.29) is 11.7 Å². The van der Waals surface area contributed by atoms with Crippen LogP contribution in [0.3, 0.4) is 0 Å². The highest BCUT2D eigenvalue weighted by Gasteiger charge is 2.35. The maximum Gasteiger partial charge on any atom is 0.307 e. The number of rotatable bonds is 5. The Kier molecular flexibility index (Phi) is 5.20. The lowest BCUT2D eigenvalue weighted by molar-refractivity contribution is -0.148. The van der Waals surface area contributed by atoms with E-state index >= 15 is 0 Å². The van der Waals surface area contributed by atoms with Gasteiger partial charge in [-0.15, -0.1) is 0 Å². The lowest BCUT2D eigenvalue weighted by atomic mass is 9.78. The molecule has 1 aliphatic carbocycles. The third-order valence-electron chi connectivity index (χ3n) is 4.07. The highest BCUT2D eigenvalue weighted by atomic mass is 16.4. The van der Waals surface area contributed by atoms with Crippen LogP contribution < -0.4 is 5.32 Å². The SMILES string of the molecule is O=C(O)[C@H]1CCCC[C@H]1C(=O)NCCc1ccc(O)cc1. The number of carboxylic acids is 1. The Balaban J connectivity index is 1.83. The molecule has 0 unspecified atom stereocenters. The summed E-state index contributed by atoms with van der Waals surface area (Å²) in [6, 6.07) is 6.84. The summed E-state index contributed by atoms with van der Waals surface area (Å²) in [6.45, 7) is 0.479. The summed E-state index contributed by atoms with van der Waals surface area (Å²) < 4.78 is 0. The van der Waals surface area contributed by atoms with E-state index in [2.05, 4.69) is 5.32 Å². The van der Waals surface area contributed by atoms with Crippen LogP contribution in [0.2, 0.25) is 0 Å². The summed E-state index contributed by atoms with van der Waals surface area (Å²) in [5, 5.41) is 21.2. The van der Waals surface area contributed by atoms with Gasteiger partial charge in [0.15, 0.2) is 0 Å². The van der Waals surface area contributed by atoms with Gasteiger partial charge in [-0.1, -0.05) is 25.0 Å². The first-order valence-electron chi connectivity index (χ1n) is 7.36. The molecule has 3 N–H and O–H groups in total. The van der Waals surface area contributed by atoms with Gasteiger partial charge >= 0.3 is 5.97 Å². The zero-order valence-electron chi connectivity index (χ0n) is 11.9. The van der Waals surface area contributed by atoms with E-state index in [1.54, 1.807) is 12.1 Å². The van der Waals surface area contributed by atoms with E-state index in [0.717, 1.165) is 18.4 Å². The lowest BCUT2D eigenvalue weighted by Gasteiger charge is -2.27. The van der Waals surface area contributed by atoms with Crippen LogP contribution in [0.25, 0.3) is 0 Å². The van der Waals surface area contributed by atoms with Crippen LogP contribution in [-0.4, -0.2) is 28.6 Å². The normalized spacial score (nSPS) is 21.7. The molecule has 1 aromatic rings. The van der Waals surface area contributed by atoms with Crippen LogP contribution in [0.15, 0.2) is 24.3 Å². The predicted molar refractivity (Wildman–Crippen MR) is 77.9 cm³/mol. The van der Waals surface area contributed by atoms with Crippen LogP contribution in [0, 0.1) is 11.8 Å². The number of amides is 1. The predicted octanol–water partition coefficient (Wildman–Crippen LogP) is 1.94. The summed E-state index contributed by atoms with van der Waals surface area (Å²) in [6.07, 6.45) is 3.71. The van der Waals surface area contributed by atoms with Crippen LogP contribution in [0.5, 0.6) is 5.75 Å². The first-order chi connectivity index (χ1) is 10.1. The van der Waals surface area contributed by atoms with Crippen molar-refractivity contribution in [3.63, 3.8) is 0 Å². The fourth-order valence-corrected chi connectivity index (χ4v) is 2.86. The van der Waals surface area contributed by atoms with Crippen molar-refractivity contribution in [3.8, 4) is 5.75 Å². The first-order valence-corrected chi connectivity index (χ1v) is 7.36. The lowest BCUT2D eigenvalue weighted by Crippen LogP contribution is -2.40. The molecule has 0 heterocycles. The van der Waals surface area contributed by atoms with E-state index in [9.17, 15) is 19.8 Å². The van der Waals surface area contributed by atoms with Gasteiger partial charge in [-0.05, 0) is 37.0 Å². The Labute approximate surface area is 124 Å². The van der Waals surface area contributed by atoms with Gasteiger partial charge < -0.3 is 15.5 Å². The number of nitrogens with one attached hydrogen (secondary N) is 1. The van der Waals surface area contributed by atoms with Crippen molar-refractivity contribution in [2.75, 3.05) is 6.54 Å². The van der Waals surface area contributed by atoms with Crippen molar-refractivity contribution in [3.05, 3.63) is 29.8 Å². The molecule has 0 aliphatic heterocycles. The van der Waals surface area contributed by atoms with E-state index < -0.39 is 17.8 Å². The second-order valence-electron chi connectivity index (χ2n) is 5.54. The number of carbonyl (C=O) groups excluding carboxylic acids is 1. The standard InChI is InChI=1S/C16H21NO4/c18-12-7-5-11(6-8-12)9-10-17-15(19)13-3-1-2-4-14(13)16(20)21/h5-8,13-14,18H,1-4,9-10H2,(H,17,19)(H,20,21)/t13-,14+/m1/s1. The molecule has 2 rings (SSSR count). The highest BCUT2D eigenvalue weighted by Crippen LogP contribution is 2.30. The smallest absolute Gasteiger partial charge is 0.307 e. The van der Waals surface area contributed by atoms with Gasteiger partial charge in [-0.2, -0.15) is 0 Å². The van der Waals surface area contributed by atoms with Crippen molar-refractivity contribution in [2.45, 2.75) is 32.1 Å². The number of phenolic OH excluding ortho intramolecular Hbond substituents is 1. The molecule has 1 fully saturated rings. The molecule has 21 heavy (non-hydrogen) atoms. The number of phenols is 1. The molecule has 5 heteroatoms. The molecule has 1 aliphatic rings. The van der Waals surface area contributed by atoms with E-state index in [1.807, 2.05) is 12.1 Å². The third-order valence-corrected chi connectivity index (χ3v) is 4.07. The molecule has 1 saturated carbocycles. The number of carboxylic acid groups (broad SMARTS) is 1. The molecule has 0 aromatic heterocycles. The number of hydrogen-bond acceptors (Lipinski definition) is 3. The van der Waals surface area contributed by atoms with Gasteiger partial charge in [0.2, 0.25) is 5.91 Å². The second-order valence-corrected chi connectivity index (χ2v) is 5.54. The van der Waals surface area contributed by atoms with Gasteiger partial charge in [0.25, 0.3) is 0 Å². The molecule has 114 valence electrons. The Bertz CT molecular complexity index is 498. The minimum atomic E-state index is -0.867. The summed E-state index contributed by atoms with van der Waals surface area (Å²) in [5.74, 6) is -1.76. The van der Waals surface area contributed by atoms with Gasteiger partial charge in [-0.3, -0.25) is 9.59 Å². The molecule has 2 atom stereocenters. The minimum absolute atomic E-state index is 0.152. The van der Waals surface area contributed by atoms with Crippen LogP contribution in [0.1, 0.15) is 31.2 Å². The molecule has 0 spiro atoms. The largest absolute Gasteiger partial charge is 0.508 e. The van der Waals surface area contributed by atoms with Crippen molar-refractivity contribution in [1.29, 1.82) is 0 Å². The maximum atomic E-state index is 12.1. The monoisotopic (exact) mass is 291 g/mol. The summed E-state index contributed by atoms with van der Waals surface area (Å²) >= 11 is 0. The van der Waals surface area contributed by atoms with E-state index in [1.165, 1.54) is 0 Å². The number of aromatic hydroxyl groups is 1. The Morgan fingerprint density at radius 3 is 2.33 bits per heavy atom. The molecular formula is C16H21NO4. The molecule has 1 amide bonds. The van der Waals surface area contributed by atoms with Crippen molar-refractivity contribution in [1.82, 2.24) is 5.32 Å². The summed E-state index contributed by atoms with van der Waals surface area (Å²) in [5.41, 5.74) is 1.02. The molecule has 5 nitrogen and oxygen atoms in total. The molecule has 1 aromatic carbocycles. The van der Waals surface area contributed by atoms with Crippen molar-refractivity contribution in [2.24, 2.45) is 11.8 Å². The topological polar surface area (TPSA) is 86.6 Å². The minimum Gasteiger partial charge on any atom is -0.508 e. The van der Waals surface area contributed by atoms with E-state index in [0.29, 0.717) is 25.8 Å². The quantitative estimate of drug-likeness (QED) is 0.774. The van der Waals surface area contributed by atoms with Crippen molar-refractivity contribution < 1.29 is 19.8 Å². The highest BCUT2D eigenvalue weighted by molar-refractivity contribution is 5.84. The van der Waals surface area contributed by atoms with Gasteiger partial charge in [0, 0.05) is 6.54 Å². The Morgan fingerprint density at radius 1 is 1.10 bits per heavy atom. The molecule has 0 bridgehead atoms. The average molecular weight is 291 g/mol. The Morgan fingerprint density at radius 2 is 1.71 bits per heavy atom. The van der Waals surface area contributed by atoms with E-state index in [4.69, 9.17) is 0 Å². The van der Waals surface area contributed by atoms with Gasteiger partial charge in [-0.25, -0.2) is 0 Å². The summed E-state index contributed by atoms with van der Waals surface area (Å²) in [7, 11) is 0. The Hall–Kier alpha value is -2.04. The first kappa shape index (κ1) is 15.4. The number of carbonyl (C=O) groups is 2. The second kappa shape index (κ2) is 7.11. The van der Waals surface area contributed by atoms with Gasteiger partial charge in [0.05, 0.1) is 11.8 Å². The van der Waals surface area contributed by atoms with Crippen LogP contribution in [0.4, 0.5) is 0 Å². The molecule has 0 saturated heterocycles. The zero-order valence-corrected chi connectivity index (χ0v) is 11.9. The number of hydrogen-bond donors (Lipinski definition) is 3. The fraction of sp³-hybridized carbons (Fsp3) is 0.500. The van der Waals surface area contributed by atoms with Gasteiger partial charge in [0.1, 0.15) is 5.75 Å². The molecular weight excluding hydrogens is 270 g/mol. The van der Waals surface area contributed by atoms with Crippen LogP contribution >= 0.6 is 0 Å². The number of benzene rings is 1.